The van der Waals surface area contributed by atoms with E-state index in [2.05, 4.69) is 35.5 Å². The summed E-state index contributed by atoms with van der Waals surface area (Å²) in [5, 5.41) is 0. The zero-order valence-electron chi connectivity index (χ0n) is 12.3. The predicted molar refractivity (Wildman–Crippen MR) is 85.3 cm³/mol. The minimum atomic E-state index is 0.230. The number of halogens is 1. The topological polar surface area (TPSA) is 20.3 Å². The molecule has 1 aliphatic rings. The third kappa shape index (κ3) is 5.52. The van der Waals surface area contributed by atoms with Gasteiger partial charge in [-0.3, -0.25) is 4.79 Å². The first-order chi connectivity index (χ1) is 9.06. The van der Waals surface area contributed by atoms with Crippen LogP contribution in [-0.2, 0) is 4.79 Å². The molecule has 0 aromatic carbocycles. The number of rotatable bonds is 8. The van der Waals surface area contributed by atoms with Gasteiger partial charge < -0.3 is 4.90 Å². The van der Waals surface area contributed by atoms with Gasteiger partial charge in [-0.2, -0.15) is 0 Å². The summed E-state index contributed by atoms with van der Waals surface area (Å²) >= 11 is 3.60. The van der Waals surface area contributed by atoms with E-state index < -0.39 is 0 Å². The smallest absolute Gasteiger partial charge is 0.223 e. The van der Waals surface area contributed by atoms with Crippen molar-refractivity contribution in [1.82, 2.24) is 4.90 Å². The molecule has 1 saturated heterocycles. The van der Waals surface area contributed by atoms with Gasteiger partial charge in [0.2, 0.25) is 5.91 Å². The highest BCUT2D eigenvalue weighted by molar-refractivity contribution is 9.11. The molecule has 1 heterocycles. The van der Waals surface area contributed by atoms with Gasteiger partial charge in [-0.15, -0.1) is 0 Å². The number of nitrogens with zero attached hydrogens (tertiary/aromatic N) is 1. The first-order valence-corrected chi connectivity index (χ1v) is 8.15. The van der Waals surface area contributed by atoms with Gasteiger partial charge in [0.1, 0.15) is 0 Å². The Bertz CT molecular complexity index is 349. The Morgan fingerprint density at radius 1 is 1.47 bits per heavy atom. The van der Waals surface area contributed by atoms with Crippen molar-refractivity contribution in [2.45, 2.75) is 64.8 Å². The van der Waals surface area contributed by atoms with Crippen LogP contribution in [0.2, 0.25) is 0 Å². The lowest BCUT2D eigenvalue weighted by Crippen LogP contribution is -2.34. The Labute approximate surface area is 126 Å². The van der Waals surface area contributed by atoms with Crippen LogP contribution in [0.5, 0.6) is 0 Å². The van der Waals surface area contributed by atoms with Crippen LogP contribution in [0.25, 0.3) is 0 Å². The molecule has 0 bridgehead atoms. The summed E-state index contributed by atoms with van der Waals surface area (Å²) < 4.78 is 1.13. The van der Waals surface area contributed by atoms with E-state index in [-0.39, 0.29) is 11.9 Å². The largest absolute Gasteiger partial charge is 0.331 e. The molecule has 1 rings (SSSR count). The summed E-state index contributed by atoms with van der Waals surface area (Å²) in [6, 6.07) is 0.230. The zero-order chi connectivity index (χ0) is 14.3. The van der Waals surface area contributed by atoms with Crippen molar-refractivity contribution in [3.63, 3.8) is 0 Å². The summed E-state index contributed by atoms with van der Waals surface area (Å²) in [7, 11) is 0. The second kappa shape index (κ2) is 8.57. The van der Waals surface area contributed by atoms with Gasteiger partial charge in [-0.05, 0) is 26.2 Å². The van der Waals surface area contributed by atoms with Crippen molar-refractivity contribution in [3.05, 3.63) is 22.7 Å². The zero-order valence-corrected chi connectivity index (χ0v) is 13.8. The van der Waals surface area contributed by atoms with E-state index in [1.807, 2.05) is 11.8 Å². The Balaban J connectivity index is 2.41. The molecule has 0 saturated carbocycles. The van der Waals surface area contributed by atoms with E-state index >= 15 is 0 Å². The predicted octanol–water partition coefficient (Wildman–Crippen LogP) is 4.80. The number of carbonyl (C=O) groups is 1. The highest BCUT2D eigenvalue weighted by atomic mass is 79.9. The van der Waals surface area contributed by atoms with Crippen LogP contribution in [0.1, 0.15) is 58.8 Å². The van der Waals surface area contributed by atoms with Gasteiger partial charge >= 0.3 is 0 Å². The lowest BCUT2D eigenvalue weighted by molar-refractivity contribution is -0.128. The number of likely N-dealkylation sites (tertiary alicyclic amines) is 1. The van der Waals surface area contributed by atoms with Crippen LogP contribution < -0.4 is 0 Å². The van der Waals surface area contributed by atoms with Crippen molar-refractivity contribution >= 4 is 21.8 Å². The fraction of sp³-hybridized carbons (Fsp3) is 0.688. The maximum Gasteiger partial charge on any atom is 0.223 e. The van der Waals surface area contributed by atoms with Crippen molar-refractivity contribution in [3.8, 4) is 0 Å². The maximum absolute atomic E-state index is 11.9. The third-order valence-electron chi connectivity index (χ3n) is 3.64. The van der Waals surface area contributed by atoms with Gasteiger partial charge in [-0.1, -0.05) is 60.3 Å². The van der Waals surface area contributed by atoms with Crippen molar-refractivity contribution < 1.29 is 4.79 Å². The molecule has 1 atom stereocenters. The molecule has 0 N–H and O–H groups in total. The normalized spacial score (nSPS) is 20.2. The van der Waals surface area contributed by atoms with Gasteiger partial charge in [0.05, 0.1) is 12.6 Å². The van der Waals surface area contributed by atoms with Gasteiger partial charge in [0.15, 0.2) is 0 Å². The highest BCUT2D eigenvalue weighted by Crippen LogP contribution is 2.26. The SMILES string of the molecule is C=C(C)[C@@H]1CCC(=O)N1C/C(Br)=C\CCCCCC. The first-order valence-electron chi connectivity index (χ1n) is 7.35. The van der Waals surface area contributed by atoms with Crippen LogP contribution in [0.3, 0.4) is 0 Å². The molecular formula is C16H26BrNO. The van der Waals surface area contributed by atoms with E-state index in [1.54, 1.807) is 0 Å². The molecule has 2 nitrogen and oxygen atoms in total. The average Bonchev–Trinajstić information content (AvgIpc) is 2.71. The molecule has 0 aliphatic carbocycles. The fourth-order valence-electron chi connectivity index (χ4n) is 2.50. The molecule has 0 aromatic rings. The van der Waals surface area contributed by atoms with Crippen molar-refractivity contribution in [2.75, 3.05) is 6.54 Å². The number of amides is 1. The first kappa shape index (κ1) is 16.5. The minimum Gasteiger partial charge on any atom is -0.331 e. The number of hydrogen-bond donors (Lipinski definition) is 0. The van der Waals surface area contributed by atoms with Crippen LogP contribution in [0.15, 0.2) is 22.7 Å². The standard InChI is InChI=1S/C16H26BrNO/c1-4-5-6-7-8-9-14(17)12-18-15(13(2)3)10-11-16(18)19/h9,15H,2,4-8,10-12H2,1,3H3/b14-9+/t15-/m0/s1. The highest BCUT2D eigenvalue weighted by Gasteiger charge is 2.31. The monoisotopic (exact) mass is 327 g/mol. The van der Waals surface area contributed by atoms with Crippen molar-refractivity contribution in [1.29, 1.82) is 0 Å². The molecule has 0 spiro atoms. The molecule has 19 heavy (non-hydrogen) atoms. The van der Waals surface area contributed by atoms with Crippen LogP contribution in [-0.4, -0.2) is 23.4 Å². The number of hydrogen-bond acceptors (Lipinski definition) is 1. The average molecular weight is 328 g/mol. The number of unbranched alkanes of at least 4 members (excludes halogenated alkanes) is 4. The Morgan fingerprint density at radius 2 is 2.21 bits per heavy atom. The molecule has 0 unspecified atom stereocenters. The minimum absolute atomic E-state index is 0.230. The Kier molecular flexibility index (Phi) is 7.44. The molecule has 1 amide bonds. The fourth-order valence-corrected chi connectivity index (χ4v) is 3.00. The second-order valence-electron chi connectivity index (χ2n) is 5.42. The van der Waals surface area contributed by atoms with E-state index in [0.717, 1.165) is 22.9 Å². The third-order valence-corrected chi connectivity index (χ3v) is 4.22. The quantitative estimate of drug-likeness (QED) is 0.463. The maximum atomic E-state index is 11.9. The molecule has 0 aromatic heterocycles. The number of carbonyl (C=O) groups excluding carboxylic acids is 1. The summed E-state index contributed by atoms with van der Waals surface area (Å²) in [5.41, 5.74) is 1.09. The summed E-state index contributed by atoms with van der Waals surface area (Å²) in [6.45, 7) is 8.93. The molecule has 1 fully saturated rings. The van der Waals surface area contributed by atoms with Crippen LogP contribution >= 0.6 is 15.9 Å². The molecule has 3 heteroatoms. The Hall–Kier alpha value is -0.570. The van der Waals surface area contributed by atoms with Gasteiger partial charge in [-0.25, -0.2) is 0 Å². The summed E-state index contributed by atoms with van der Waals surface area (Å²) in [6.07, 6.45) is 10.0. The Morgan fingerprint density at radius 3 is 2.84 bits per heavy atom. The lowest BCUT2D eigenvalue weighted by atomic mass is 10.1. The van der Waals surface area contributed by atoms with Crippen LogP contribution in [0.4, 0.5) is 0 Å². The number of allylic oxidation sites excluding steroid dienone is 1. The lowest BCUT2D eigenvalue weighted by Gasteiger charge is -2.25. The molecule has 108 valence electrons. The summed E-state index contributed by atoms with van der Waals surface area (Å²) in [5.74, 6) is 0.254. The summed E-state index contributed by atoms with van der Waals surface area (Å²) in [4.78, 5) is 13.8. The molecular weight excluding hydrogens is 302 g/mol. The van der Waals surface area contributed by atoms with E-state index in [9.17, 15) is 4.79 Å². The van der Waals surface area contributed by atoms with E-state index in [1.165, 1.54) is 25.7 Å². The van der Waals surface area contributed by atoms with E-state index in [4.69, 9.17) is 0 Å². The molecule has 0 radical (unpaired) electrons. The molecule has 1 aliphatic heterocycles. The van der Waals surface area contributed by atoms with Gasteiger partial charge in [0, 0.05) is 10.9 Å². The van der Waals surface area contributed by atoms with E-state index in [0.29, 0.717) is 13.0 Å². The van der Waals surface area contributed by atoms with Gasteiger partial charge in [0.25, 0.3) is 0 Å². The van der Waals surface area contributed by atoms with Crippen LogP contribution in [0, 0.1) is 0 Å². The van der Waals surface area contributed by atoms with Crippen molar-refractivity contribution in [2.24, 2.45) is 0 Å². The second-order valence-corrected chi connectivity index (χ2v) is 6.44.